The summed E-state index contributed by atoms with van der Waals surface area (Å²) >= 11 is 0. The summed E-state index contributed by atoms with van der Waals surface area (Å²) in [5.74, 6) is 0.645. The second kappa shape index (κ2) is 10.7. The van der Waals surface area contributed by atoms with E-state index in [0.29, 0.717) is 12.5 Å². The molecular weight excluding hydrogens is 513 g/mol. The van der Waals surface area contributed by atoms with Gasteiger partial charge in [0.25, 0.3) is 0 Å². The highest BCUT2D eigenvalue weighted by Crippen LogP contribution is 2.36. The molecule has 6 nitrogen and oxygen atoms in total. The molecule has 0 spiro atoms. The molecule has 2 aromatic carbocycles. The number of imidazole rings is 1. The van der Waals surface area contributed by atoms with Crippen LogP contribution in [0.3, 0.4) is 0 Å². The molecule has 2 heterocycles. The molecule has 2 aliphatic rings. The summed E-state index contributed by atoms with van der Waals surface area (Å²) in [5, 5.41) is 0. The van der Waals surface area contributed by atoms with E-state index >= 15 is 0 Å². The number of rotatable bonds is 7. The minimum Gasteiger partial charge on any atom is -0.361 e. The minimum absolute atomic E-state index is 0.0987. The van der Waals surface area contributed by atoms with Crippen LogP contribution < -0.4 is 4.90 Å². The van der Waals surface area contributed by atoms with Gasteiger partial charge in [-0.2, -0.15) is 17.5 Å². The average Bonchev–Trinajstić information content (AvgIpc) is 3.52. The number of aryl methyl sites for hydroxylation is 1. The molecule has 1 aliphatic carbocycles. The Morgan fingerprint density at radius 3 is 2.37 bits per heavy atom. The van der Waals surface area contributed by atoms with Crippen molar-refractivity contribution < 1.29 is 21.6 Å². The molecule has 1 aromatic heterocycles. The number of fused-ring (bicyclic) bond motifs is 1. The van der Waals surface area contributed by atoms with Crippen LogP contribution in [-0.4, -0.2) is 34.9 Å². The van der Waals surface area contributed by atoms with Crippen LogP contribution in [0.25, 0.3) is 0 Å². The lowest BCUT2D eigenvalue weighted by molar-refractivity contribution is -0.137. The minimum atomic E-state index is -4.53. The summed E-state index contributed by atoms with van der Waals surface area (Å²) in [6.45, 7) is 0.987. The smallest absolute Gasteiger partial charge is 0.361 e. The van der Waals surface area contributed by atoms with Gasteiger partial charge in [0, 0.05) is 38.1 Å². The van der Waals surface area contributed by atoms with E-state index in [4.69, 9.17) is 0 Å². The molecule has 10 heteroatoms. The van der Waals surface area contributed by atoms with Crippen molar-refractivity contribution in [2.45, 2.75) is 68.7 Å². The van der Waals surface area contributed by atoms with Gasteiger partial charge < -0.3 is 9.47 Å². The lowest BCUT2D eigenvalue weighted by Gasteiger charge is -2.35. The normalized spacial score (nSPS) is 19.5. The maximum atomic E-state index is 13.8. The third-order valence-corrected chi connectivity index (χ3v) is 9.78. The molecule has 0 N–H and O–H groups in total. The van der Waals surface area contributed by atoms with E-state index < -0.39 is 21.8 Å². The van der Waals surface area contributed by atoms with Crippen molar-refractivity contribution in [2.75, 3.05) is 11.4 Å². The fourth-order valence-corrected chi connectivity index (χ4v) is 7.21. The van der Waals surface area contributed by atoms with Crippen molar-refractivity contribution >= 4 is 15.7 Å². The third-order valence-electron chi connectivity index (χ3n) is 7.95. The molecule has 1 saturated carbocycles. The molecule has 204 valence electrons. The Kier molecular flexibility index (Phi) is 7.55. The van der Waals surface area contributed by atoms with Crippen LogP contribution in [0.2, 0.25) is 0 Å². The maximum Gasteiger partial charge on any atom is 0.416 e. The number of benzene rings is 2. The lowest BCUT2D eigenvalue weighted by Crippen LogP contribution is -2.43. The van der Waals surface area contributed by atoms with Crippen LogP contribution in [-0.2, 0) is 36.3 Å². The molecule has 3 aromatic rings. The molecule has 1 aliphatic heterocycles. The Bertz CT molecular complexity index is 1350. The highest BCUT2D eigenvalue weighted by molar-refractivity contribution is 7.89. The molecule has 38 heavy (non-hydrogen) atoms. The van der Waals surface area contributed by atoms with Gasteiger partial charge in [-0.05, 0) is 54.7 Å². The first-order valence-electron chi connectivity index (χ1n) is 13.1. The van der Waals surface area contributed by atoms with E-state index in [1.54, 1.807) is 6.33 Å². The van der Waals surface area contributed by atoms with Gasteiger partial charge in [-0.15, -0.1) is 0 Å². The van der Waals surface area contributed by atoms with Crippen LogP contribution in [0.1, 0.15) is 55.3 Å². The van der Waals surface area contributed by atoms with Crippen molar-refractivity contribution in [3.63, 3.8) is 0 Å². The summed E-state index contributed by atoms with van der Waals surface area (Å²) in [4.78, 5) is 6.44. The van der Waals surface area contributed by atoms with Gasteiger partial charge in [-0.3, -0.25) is 0 Å². The number of nitrogens with zero attached hydrogens (tertiary/aromatic N) is 4. The molecule has 0 bridgehead atoms. The van der Waals surface area contributed by atoms with Gasteiger partial charge in [0.1, 0.15) is 0 Å². The van der Waals surface area contributed by atoms with Crippen LogP contribution in [0.5, 0.6) is 0 Å². The van der Waals surface area contributed by atoms with E-state index in [2.05, 4.69) is 9.88 Å². The van der Waals surface area contributed by atoms with Crippen LogP contribution in [0.4, 0.5) is 18.9 Å². The first-order valence-corrected chi connectivity index (χ1v) is 14.5. The maximum absolute atomic E-state index is 13.8. The van der Waals surface area contributed by atoms with Crippen molar-refractivity contribution in [1.29, 1.82) is 0 Å². The van der Waals surface area contributed by atoms with E-state index in [-0.39, 0.29) is 24.0 Å². The standard InChI is InChI=1S/C28H33F3N4O2S/c1-33-20-32-16-25(33)19-35-24(13-10-21-6-2-3-7-21)18-34(17-22-8-4-5-9-27(22)35)38(36,37)26-14-11-23(12-15-26)28(29,30)31/h4-5,8-9,11-12,14-16,20-21,24H,2-3,6-7,10,13,17-19H2,1H3. The Morgan fingerprint density at radius 1 is 1.00 bits per heavy atom. The number of para-hydroxylation sites is 1. The van der Waals surface area contributed by atoms with E-state index in [9.17, 15) is 21.6 Å². The predicted molar refractivity (Wildman–Crippen MR) is 140 cm³/mol. The third kappa shape index (κ3) is 5.61. The SMILES string of the molecule is Cn1cncc1CN1c2ccccc2CN(S(=O)(=O)c2ccc(C(F)(F)F)cc2)CC1CCC1CCCC1. The van der Waals surface area contributed by atoms with Crippen LogP contribution >= 0.6 is 0 Å². The first-order chi connectivity index (χ1) is 18.1. The van der Waals surface area contributed by atoms with Gasteiger partial charge in [0.2, 0.25) is 10.0 Å². The molecular formula is C28H33F3N4O2S. The Labute approximate surface area is 222 Å². The number of hydrogen-bond donors (Lipinski definition) is 0. The second-order valence-electron chi connectivity index (χ2n) is 10.5. The quantitative estimate of drug-likeness (QED) is 0.365. The predicted octanol–water partition coefficient (Wildman–Crippen LogP) is 5.99. The zero-order valence-corrected chi connectivity index (χ0v) is 22.3. The molecule has 0 saturated heterocycles. The highest BCUT2D eigenvalue weighted by atomic mass is 32.2. The van der Waals surface area contributed by atoms with Gasteiger partial charge in [0.15, 0.2) is 0 Å². The first kappa shape index (κ1) is 26.7. The monoisotopic (exact) mass is 546 g/mol. The highest BCUT2D eigenvalue weighted by Gasteiger charge is 2.36. The summed E-state index contributed by atoms with van der Waals surface area (Å²) in [7, 11) is -2.09. The zero-order valence-electron chi connectivity index (χ0n) is 21.4. The summed E-state index contributed by atoms with van der Waals surface area (Å²) in [6, 6.07) is 11.5. The van der Waals surface area contributed by atoms with Crippen molar-refractivity contribution in [3.05, 3.63) is 77.9 Å². The summed E-state index contributed by atoms with van der Waals surface area (Å²) < 4.78 is 70.4. The van der Waals surface area contributed by atoms with Crippen molar-refractivity contribution in [3.8, 4) is 0 Å². The number of halogens is 3. The Morgan fingerprint density at radius 2 is 1.71 bits per heavy atom. The average molecular weight is 547 g/mol. The number of hydrogen-bond acceptors (Lipinski definition) is 4. The Hall–Kier alpha value is -2.85. The fraction of sp³-hybridized carbons (Fsp3) is 0.464. The van der Waals surface area contributed by atoms with Crippen LogP contribution in [0.15, 0.2) is 66.0 Å². The van der Waals surface area contributed by atoms with E-state index in [1.807, 2.05) is 42.1 Å². The van der Waals surface area contributed by atoms with Gasteiger partial charge >= 0.3 is 6.18 Å². The van der Waals surface area contributed by atoms with Gasteiger partial charge in [-0.25, -0.2) is 13.4 Å². The fourth-order valence-electron chi connectivity index (χ4n) is 5.76. The topological polar surface area (TPSA) is 58.4 Å². The van der Waals surface area contributed by atoms with Crippen molar-refractivity contribution in [1.82, 2.24) is 13.9 Å². The molecule has 1 unspecified atom stereocenters. The lowest BCUT2D eigenvalue weighted by atomic mass is 9.97. The van der Waals surface area contributed by atoms with Gasteiger partial charge in [-0.1, -0.05) is 43.9 Å². The number of anilines is 1. The van der Waals surface area contributed by atoms with Crippen molar-refractivity contribution in [2.24, 2.45) is 13.0 Å². The van der Waals surface area contributed by atoms with Crippen LogP contribution in [0, 0.1) is 5.92 Å². The summed E-state index contributed by atoms with van der Waals surface area (Å²) in [6.07, 6.45) is 5.81. The largest absolute Gasteiger partial charge is 0.416 e. The van der Waals surface area contributed by atoms with E-state index in [0.717, 1.165) is 54.1 Å². The zero-order chi connectivity index (χ0) is 26.9. The second-order valence-corrected chi connectivity index (χ2v) is 12.4. The van der Waals surface area contributed by atoms with E-state index in [1.165, 1.54) is 30.0 Å². The molecule has 1 atom stereocenters. The summed E-state index contributed by atoms with van der Waals surface area (Å²) in [5.41, 5.74) is 2.00. The number of aromatic nitrogens is 2. The number of sulfonamides is 1. The molecule has 0 amide bonds. The molecule has 1 fully saturated rings. The Balaban J connectivity index is 1.50. The molecule has 0 radical (unpaired) electrons. The van der Waals surface area contributed by atoms with Gasteiger partial charge in [0.05, 0.1) is 29.0 Å². The molecule has 5 rings (SSSR count). The number of alkyl halides is 3.